The quantitative estimate of drug-likeness (QED) is 0.168. The third kappa shape index (κ3) is 6.17. The van der Waals surface area contributed by atoms with Gasteiger partial charge in [0, 0.05) is 32.5 Å². The van der Waals surface area contributed by atoms with E-state index in [2.05, 4.69) is 134 Å². The molecule has 0 saturated carbocycles. The second-order valence-corrected chi connectivity index (χ2v) is 13.5. The van der Waals surface area contributed by atoms with E-state index >= 15 is 0 Å². The van der Waals surface area contributed by atoms with Gasteiger partial charge in [0.2, 0.25) is 0 Å². The number of aryl methyl sites for hydroxylation is 2. The van der Waals surface area contributed by atoms with Gasteiger partial charge in [0.25, 0.3) is 0 Å². The van der Waals surface area contributed by atoms with Crippen LogP contribution in [0.2, 0.25) is 0 Å². The van der Waals surface area contributed by atoms with Crippen molar-refractivity contribution >= 4 is 0 Å². The standard InChI is InChI=1S/C27H30N.C13H12N.Ir/c1-25(2,3)18-15-16-28-23(17-18)21-13-10-12-20-19-11-8-9-14-22(19)26(4,5)27(6,7)24(20)21;1-10-8-13(14-9-11(10)2)12-6-4-3-5-7-12;/h8-12,14-17H,1-7H3;3-6,8-9H,1-2H3;/q2*-1;. The van der Waals surface area contributed by atoms with Crippen LogP contribution in [0.1, 0.15) is 76.3 Å². The third-order valence-electron chi connectivity index (χ3n) is 9.31. The molecule has 1 aliphatic rings. The van der Waals surface area contributed by atoms with E-state index in [1.165, 1.54) is 38.9 Å². The average molecular weight is 743 g/mol. The Balaban J connectivity index is 0.000000238. The number of benzene rings is 3. The molecule has 5 aromatic rings. The fraction of sp³-hybridized carbons (Fsp3) is 0.300. The van der Waals surface area contributed by atoms with Gasteiger partial charge in [-0.3, -0.25) is 0 Å². The molecule has 1 aliphatic carbocycles. The Morgan fingerprint density at radius 3 is 2.07 bits per heavy atom. The first-order valence-electron chi connectivity index (χ1n) is 14.8. The Morgan fingerprint density at radius 1 is 0.674 bits per heavy atom. The minimum atomic E-state index is -0.0524. The van der Waals surface area contributed by atoms with Gasteiger partial charge in [-0.15, -0.1) is 65.2 Å². The number of hydrogen-bond donors (Lipinski definition) is 0. The van der Waals surface area contributed by atoms with E-state index in [9.17, 15) is 0 Å². The largest absolute Gasteiger partial charge is 0.305 e. The van der Waals surface area contributed by atoms with Gasteiger partial charge in [-0.1, -0.05) is 96.0 Å². The Hall–Kier alpha value is -3.39. The van der Waals surface area contributed by atoms with Crippen LogP contribution in [-0.2, 0) is 36.4 Å². The smallest absolute Gasteiger partial charge is 0.0192 e. The molecule has 0 bridgehead atoms. The Morgan fingerprint density at radius 2 is 1.40 bits per heavy atom. The molecule has 3 aromatic carbocycles. The molecule has 0 aliphatic heterocycles. The summed E-state index contributed by atoms with van der Waals surface area (Å²) in [5.74, 6) is 0. The van der Waals surface area contributed by atoms with Crippen molar-refractivity contribution in [3.05, 3.63) is 131 Å². The van der Waals surface area contributed by atoms with Crippen molar-refractivity contribution in [3.8, 4) is 33.6 Å². The molecule has 223 valence electrons. The molecule has 3 heteroatoms. The summed E-state index contributed by atoms with van der Waals surface area (Å²) < 4.78 is 0. The van der Waals surface area contributed by atoms with Gasteiger partial charge in [-0.05, 0) is 69.8 Å². The van der Waals surface area contributed by atoms with E-state index in [4.69, 9.17) is 4.98 Å². The van der Waals surface area contributed by atoms with Crippen LogP contribution >= 0.6 is 0 Å². The predicted octanol–water partition coefficient (Wildman–Crippen LogP) is 10.2. The van der Waals surface area contributed by atoms with Gasteiger partial charge in [-0.25, -0.2) is 0 Å². The van der Waals surface area contributed by atoms with Crippen LogP contribution in [0.3, 0.4) is 0 Å². The molecule has 0 saturated heterocycles. The molecular formula is C40H42IrN2-2. The maximum atomic E-state index is 4.77. The van der Waals surface area contributed by atoms with Crippen molar-refractivity contribution in [1.29, 1.82) is 0 Å². The van der Waals surface area contributed by atoms with E-state index in [1.54, 1.807) is 0 Å². The van der Waals surface area contributed by atoms with Crippen molar-refractivity contribution in [2.75, 3.05) is 0 Å². The third-order valence-corrected chi connectivity index (χ3v) is 9.31. The summed E-state index contributed by atoms with van der Waals surface area (Å²) in [5.41, 5.74) is 13.5. The van der Waals surface area contributed by atoms with Crippen LogP contribution in [0.25, 0.3) is 33.6 Å². The number of rotatable bonds is 2. The van der Waals surface area contributed by atoms with Gasteiger partial charge in [0.15, 0.2) is 0 Å². The number of pyridine rings is 2. The molecule has 2 aromatic heterocycles. The second kappa shape index (κ2) is 12.3. The van der Waals surface area contributed by atoms with E-state index in [1.807, 2.05) is 36.7 Å². The molecule has 0 atom stereocenters. The molecular weight excluding hydrogens is 701 g/mol. The zero-order chi connectivity index (χ0) is 30.3. The van der Waals surface area contributed by atoms with Crippen molar-refractivity contribution in [1.82, 2.24) is 9.97 Å². The molecule has 0 N–H and O–H groups in total. The molecule has 0 fully saturated rings. The summed E-state index contributed by atoms with van der Waals surface area (Å²) in [6.45, 7) is 20.4. The monoisotopic (exact) mass is 743 g/mol. The summed E-state index contributed by atoms with van der Waals surface area (Å²) in [5, 5.41) is 0. The summed E-state index contributed by atoms with van der Waals surface area (Å²) in [6, 6.07) is 34.2. The topological polar surface area (TPSA) is 25.8 Å². The van der Waals surface area contributed by atoms with Crippen LogP contribution in [0, 0.1) is 26.0 Å². The van der Waals surface area contributed by atoms with Gasteiger partial charge >= 0.3 is 0 Å². The van der Waals surface area contributed by atoms with Gasteiger partial charge < -0.3 is 9.97 Å². The van der Waals surface area contributed by atoms with Crippen LogP contribution in [0.5, 0.6) is 0 Å². The van der Waals surface area contributed by atoms with Crippen LogP contribution in [0.15, 0.2) is 91.3 Å². The molecule has 1 radical (unpaired) electrons. The first-order valence-corrected chi connectivity index (χ1v) is 14.8. The Bertz CT molecular complexity index is 1730. The Labute approximate surface area is 272 Å². The minimum Gasteiger partial charge on any atom is -0.305 e. The number of aromatic nitrogens is 2. The number of hydrogen-bond acceptors (Lipinski definition) is 2. The maximum absolute atomic E-state index is 4.77. The van der Waals surface area contributed by atoms with Crippen molar-refractivity contribution in [2.45, 2.75) is 78.6 Å². The molecule has 6 rings (SSSR count). The van der Waals surface area contributed by atoms with Crippen LogP contribution in [-0.4, -0.2) is 9.97 Å². The molecule has 0 spiro atoms. The Kier molecular flexibility index (Phi) is 9.31. The van der Waals surface area contributed by atoms with Crippen molar-refractivity contribution < 1.29 is 20.1 Å². The molecule has 2 heterocycles. The number of nitrogens with zero attached hydrogens (tertiary/aromatic N) is 2. The van der Waals surface area contributed by atoms with E-state index in [0.29, 0.717) is 0 Å². The SMILES string of the molecule is CC(C)(C)c1ccnc(-c2[c-]ccc3c2C(C)(C)C(C)(C)c2ccccc2-3)c1.Cc1cnc(-c2[c-]cccc2)cc1C.[Ir]. The molecule has 2 nitrogen and oxygen atoms in total. The minimum absolute atomic E-state index is 0. The molecule has 43 heavy (non-hydrogen) atoms. The zero-order valence-corrected chi connectivity index (χ0v) is 29.3. The van der Waals surface area contributed by atoms with Gasteiger partial charge in [0.1, 0.15) is 0 Å². The van der Waals surface area contributed by atoms with Gasteiger partial charge in [0.05, 0.1) is 0 Å². The zero-order valence-electron chi connectivity index (χ0n) is 26.9. The molecule has 0 unspecified atom stereocenters. The maximum Gasteiger partial charge on any atom is 0.0192 e. The van der Waals surface area contributed by atoms with E-state index in [0.717, 1.165) is 22.5 Å². The van der Waals surface area contributed by atoms with Crippen molar-refractivity contribution in [3.63, 3.8) is 0 Å². The number of fused-ring (bicyclic) bond motifs is 3. The van der Waals surface area contributed by atoms with Crippen LogP contribution in [0.4, 0.5) is 0 Å². The van der Waals surface area contributed by atoms with Gasteiger partial charge in [-0.2, -0.15) is 0 Å². The van der Waals surface area contributed by atoms with Crippen LogP contribution < -0.4 is 0 Å². The summed E-state index contributed by atoms with van der Waals surface area (Å²) in [7, 11) is 0. The predicted molar refractivity (Wildman–Crippen MR) is 177 cm³/mol. The summed E-state index contributed by atoms with van der Waals surface area (Å²) in [4.78, 5) is 9.15. The fourth-order valence-corrected chi connectivity index (χ4v) is 5.84. The second-order valence-electron chi connectivity index (χ2n) is 13.5. The van der Waals surface area contributed by atoms with E-state index < -0.39 is 0 Å². The average Bonchev–Trinajstić information content (AvgIpc) is 2.98. The first-order chi connectivity index (χ1) is 19.8. The first kappa shape index (κ1) is 32.5. The fourth-order valence-electron chi connectivity index (χ4n) is 5.84. The summed E-state index contributed by atoms with van der Waals surface area (Å²) >= 11 is 0. The summed E-state index contributed by atoms with van der Waals surface area (Å²) in [6.07, 6.45) is 3.85. The molecule has 0 amide bonds. The van der Waals surface area contributed by atoms with Crippen molar-refractivity contribution in [2.24, 2.45) is 0 Å². The normalized spacial score (nSPS) is 14.3. The van der Waals surface area contributed by atoms with E-state index in [-0.39, 0.29) is 36.4 Å².